The highest BCUT2D eigenvalue weighted by molar-refractivity contribution is 7.98. The molecule has 0 spiro atoms. The first-order valence-corrected chi connectivity index (χ1v) is 10.6. The molecule has 2 aromatic carbocycles. The Hall–Kier alpha value is -1.30. The third-order valence-corrected chi connectivity index (χ3v) is 5.80. The molecule has 0 unspecified atom stereocenters. The van der Waals surface area contributed by atoms with Crippen molar-refractivity contribution in [2.24, 2.45) is 0 Å². The van der Waals surface area contributed by atoms with Crippen molar-refractivity contribution in [1.82, 2.24) is 5.32 Å². The third-order valence-electron chi connectivity index (χ3n) is 3.85. The van der Waals surface area contributed by atoms with Gasteiger partial charge in [0.25, 0.3) is 0 Å². The maximum atomic E-state index is 11.5. The first-order valence-electron chi connectivity index (χ1n) is 7.48. The number of hydrogen-bond donors (Lipinski definition) is 1. The highest BCUT2D eigenvalue weighted by Gasteiger charge is 2.10. The average molecular weight is 350 g/mol. The Morgan fingerprint density at radius 3 is 2.35 bits per heavy atom. The number of benzene rings is 2. The molecule has 0 aliphatic heterocycles. The van der Waals surface area contributed by atoms with Crippen LogP contribution in [0.5, 0.6) is 0 Å². The minimum Gasteiger partial charge on any atom is -0.306 e. The van der Waals surface area contributed by atoms with Crippen LogP contribution in [0.3, 0.4) is 0 Å². The van der Waals surface area contributed by atoms with Crippen LogP contribution in [-0.4, -0.2) is 20.9 Å². The molecule has 3 nitrogen and oxygen atoms in total. The van der Waals surface area contributed by atoms with Gasteiger partial charge in [0.05, 0.1) is 4.90 Å². The Morgan fingerprint density at radius 2 is 1.78 bits per heavy atom. The minimum absolute atomic E-state index is 0.152. The maximum Gasteiger partial charge on any atom is 0.175 e. The fraction of sp³-hybridized carbons (Fsp3) is 0.333. The second kappa shape index (κ2) is 7.51. The number of hydrogen-bond acceptors (Lipinski definition) is 4. The number of thioether (sulfide) groups is 1. The zero-order valence-corrected chi connectivity index (χ0v) is 15.6. The largest absolute Gasteiger partial charge is 0.306 e. The van der Waals surface area contributed by atoms with Crippen molar-refractivity contribution in [1.29, 1.82) is 0 Å². The van der Waals surface area contributed by atoms with Crippen LogP contribution in [0.15, 0.2) is 52.3 Å². The van der Waals surface area contributed by atoms with Crippen molar-refractivity contribution in [3.63, 3.8) is 0 Å². The summed E-state index contributed by atoms with van der Waals surface area (Å²) in [5.41, 5.74) is 3.63. The summed E-state index contributed by atoms with van der Waals surface area (Å²) in [4.78, 5) is 1.65. The van der Waals surface area contributed by atoms with Crippen LogP contribution in [0.25, 0.3) is 0 Å². The number of sulfone groups is 1. The van der Waals surface area contributed by atoms with Crippen LogP contribution < -0.4 is 5.32 Å². The molecule has 2 rings (SSSR count). The molecule has 0 heterocycles. The monoisotopic (exact) mass is 349 g/mol. The van der Waals surface area contributed by atoms with Crippen molar-refractivity contribution >= 4 is 21.6 Å². The van der Waals surface area contributed by atoms with E-state index in [1.807, 2.05) is 12.1 Å². The van der Waals surface area contributed by atoms with Gasteiger partial charge in [0.15, 0.2) is 9.84 Å². The van der Waals surface area contributed by atoms with Gasteiger partial charge >= 0.3 is 0 Å². The van der Waals surface area contributed by atoms with Crippen molar-refractivity contribution in [3.8, 4) is 0 Å². The van der Waals surface area contributed by atoms with E-state index in [-0.39, 0.29) is 6.04 Å². The zero-order chi connectivity index (χ0) is 17.0. The van der Waals surface area contributed by atoms with Crippen LogP contribution in [0, 0.1) is 6.92 Å². The quantitative estimate of drug-likeness (QED) is 0.802. The van der Waals surface area contributed by atoms with Gasteiger partial charge in [-0.05, 0) is 55.0 Å². The molecule has 23 heavy (non-hydrogen) atoms. The molecule has 0 radical (unpaired) electrons. The minimum atomic E-state index is -3.14. The molecule has 0 fully saturated rings. The van der Waals surface area contributed by atoms with Gasteiger partial charge in [-0.15, -0.1) is 11.8 Å². The Kier molecular flexibility index (Phi) is 5.89. The van der Waals surface area contributed by atoms with Gasteiger partial charge in [0.2, 0.25) is 0 Å². The zero-order valence-electron chi connectivity index (χ0n) is 14.0. The Labute approximate surface area is 143 Å². The van der Waals surface area contributed by atoms with Gasteiger partial charge in [-0.3, -0.25) is 0 Å². The van der Waals surface area contributed by atoms with E-state index in [2.05, 4.69) is 43.6 Å². The van der Waals surface area contributed by atoms with E-state index in [9.17, 15) is 8.42 Å². The molecular formula is C18H23NO2S2. The van der Waals surface area contributed by atoms with Gasteiger partial charge in [0.1, 0.15) is 0 Å². The number of rotatable bonds is 6. The summed E-state index contributed by atoms with van der Waals surface area (Å²) >= 11 is 1.76. The molecule has 0 amide bonds. The maximum absolute atomic E-state index is 11.5. The second-order valence-corrected chi connectivity index (χ2v) is 8.62. The lowest BCUT2D eigenvalue weighted by atomic mass is 10.1. The van der Waals surface area contributed by atoms with Crippen LogP contribution in [0.2, 0.25) is 0 Å². The normalized spacial score (nSPS) is 13.0. The molecule has 0 aliphatic rings. The van der Waals surface area contributed by atoms with Crippen LogP contribution in [0.4, 0.5) is 0 Å². The molecule has 1 atom stereocenters. The van der Waals surface area contributed by atoms with E-state index in [0.29, 0.717) is 4.90 Å². The van der Waals surface area contributed by atoms with Crippen LogP contribution in [-0.2, 0) is 16.4 Å². The lowest BCUT2D eigenvalue weighted by Gasteiger charge is -2.16. The molecule has 0 saturated carbocycles. The van der Waals surface area contributed by atoms with Crippen LogP contribution >= 0.6 is 11.8 Å². The van der Waals surface area contributed by atoms with Gasteiger partial charge in [-0.1, -0.05) is 24.3 Å². The van der Waals surface area contributed by atoms with Crippen molar-refractivity contribution in [2.45, 2.75) is 36.2 Å². The summed E-state index contributed by atoms with van der Waals surface area (Å²) in [6.45, 7) is 4.97. The lowest BCUT2D eigenvalue weighted by Crippen LogP contribution is -2.18. The summed E-state index contributed by atoms with van der Waals surface area (Å²) in [6, 6.07) is 13.7. The Morgan fingerprint density at radius 1 is 1.13 bits per heavy atom. The third kappa shape index (κ3) is 4.83. The highest BCUT2D eigenvalue weighted by atomic mass is 32.2. The van der Waals surface area contributed by atoms with E-state index in [0.717, 1.165) is 12.1 Å². The number of nitrogens with one attached hydrogen (secondary N) is 1. The predicted molar refractivity (Wildman–Crippen MR) is 97.8 cm³/mol. The van der Waals surface area contributed by atoms with Crippen molar-refractivity contribution in [2.75, 3.05) is 12.5 Å². The summed E-state index contributed by atoms with van der Waals surface area (Å²) in [5, 5.41) is 3.50. The average Bonchev–Trinajstić information content (AvgIpc) is 2.52. The molecule has 2 aromatic rings. The van der Waals surface area contributed by atoms with E-state index in [4.69, 9.17) is 0 Å². The van der Waals surface area contributed by atoms with E-state index in [1.165, 1.54) is 22.3 Å². The van der Waals surface area contributed by atoms with E-state index < -0.39 is 9.84 Å². The van der Waals surface area contributed by atoms with Crippen molar-refractivity contribution < 1.29 is 8.42 Å². The fourth-order valence-electron chi connectivity index (χ4n) is 2.38. The standard InChI is InChI=1S/C18H23NO2S2/c1-13-5-6-16(18(11-13)22-3)12-19-14(2)15-7-9-17(10-8-15)23(4,20)21/h5-11,14,19H,12H2,1-4H3/t14-/m1/s1. The molecule has 1 N–H and O–H groups in total. The fourth-order valence-corrected chi connectivity index (χ4v) is 3.72. The summed E-state index contributed by atoms with van der Waals surface area (Å²) in [6.07, 6.45) is 3.32. The van der Waals surface area contributed by atoms with E-state index in [1.54, 1.807) is 23.9 Å². The van der Waals surface area contributed by atoms with E-state index >= 15 is 0 Å². The summed E-state index contributed by atoms with van der Waals surface area (Å²) in [5.74, 6) is 0. The Bertz CT molecular complexity index is 768. The molecule has 0 aliphatic carbocycles. The Balaban J connectivity index is 2.06. The van der Waals surface area contributed by atoms with Crippen LogP contribution in [0.1, 0.15) is 29.7 Å². The topological polar surface area (TPSA) is 46.2 Å². The molecule has 0 aromatic heterocycles. The predicted octanol–water partition coefficient (Wildman–Crippen LogP) is 3.97. The first kappa shape index (κ1) is 18.0. The SMILES string of the molecule is CSc1cc(C)ccc1CN[C@H](C)c1ccc(S(C)(=O)=O)cc1. The molecule has 0 bridgehead atoms. The molecule has 0 saturated heterocycles. The number of aryl methyl sites for hydroxylation is 1. The first-order chi connectivity index (χ1) is 10.8. The van der Waals surface area contributed by atoms with Crippen molar-refractivity contribution in [3.05, 3.63) is 59.2 Å². The van der Waals surface area contributed by atoms with Gasteiger partial charge in [-0.25, -0.2) is 8.42 Å². The summed E-state index contributed by atoms with van der Waals surface area (Å²) in [7, 11) is -3.14. The second-order valence-electron chi connectivity index (χ2n) is 5.76. The highest BCUT2D eigenvalue weighted by Crippen LogP contribution is 2.23. The summed E-state index contributed by atoms with van der Waals surface area (Å²) < 4.78 is 23.0. The van der Waals surface area contributed by atoms with Gasteiger partial charge < -0.3 is 5.32 Å². The van der Waals surface area contributed by atoms with Gasteiger partial charge in [-0.2, -0.15) is 0 Å². The lowest BCUT2D eigenvalue weighted by molar-refractivity contribution is 0.570. The molecular weight excluding hydrogens is 326 g/mol. The molecule has 124 valence electrons. The molecule has 5 heteroatoms. The van der Waals surface area contributed by atoms with Gasteiger partial charge in [0, 0.05) is 23.7 Å². The smallest absolute Gasteiger partial charge is 0.175 e.